The third kappa shape index (κ3) is 3.06. The van der Waals surface area contributed by atoms with Crippen molar-refractivity contribution in [1.82, 2.24) is 9.88 Å². The van der Waals surface area contributed by atoms with Gasteiger partial charge in [-0.2, -0.15) is 0 Å². The minimum Gasteiger partial charge on any atom is -0.507 e. The lowest BCUT2D eigenvalue weighted by molar-refractivity contribution is -0.139. The van der Waals surface area contributed by atoms with Crippen LogP contribution in [0.5, 0.6) is 5.75 Å². The number of fused-ring (bicyclic) bond motifs is 1. The summed E-state index contributed by atoms with van der Waals surface area (Å²) in [6, 6.07) is 13.9. The molecule has 1 unspecified atom stereocenters. The predicted octanol–water partition coefficient (Wildman–Crippen LogP) is 4.01. The molecule has 0 saturated carbocycles. The van der Waals surface area contributed by atoms with E-state index in [0.717, 1.165) is 16.5 Å². The monoisotopic (exact) mass is 390 g/mol. The molecule has 148 valence electrons. The molecule has 0 aliphatic carbocycles. The van der Waals surface area contributed by atoms with E-state index in [0.29, 0.717) is 24.3 Å². The van der Waals surface area contributed by atoms with Crippen LogP contribution in [0.25, 0.3) is 16.7 Å². The second kappa shape index (κ2) is 7.47. The maximum atomic E-state index is 13.0. The van der Waals surface area contributed by atoms with Crippen molar-refractivity contribution in [2.45, 2.75) is 19.4 Å². The van der Waals surface area contributed by atoms with Crippen molar-refractivity contribution < 1.29 is 19.4 Å². The zero-order chi connectivity index (χ0) is 20.5. The van der Waals surface area contributed by atoms with Gasteiger partial charge in [-0.3, -0.25) is 9.59 Å². The van der Waals surface area contributed by atoms with Crippen molar-refractivity contribution >= 4 is 28.4 Å². The SMILES string of the molecule is CCCN1C(=O)C(=O)/C(=C(/O)c2cccc(OC)c2)C1c1c[nH]c2ccccc12. The number of aliphatic hydroxyl groups is 1. The molecule has 3 aromatic rings. The summed E-state index contributed by atoms with van der Waals surface area (Å²) in [5.74, 6) is -0.905. The van der Waals surface area contributed by atoms with Gasteiger partial charge in [-0.1, -0.05) is 37.3 Å². The number of aromatic amines is 1. The van der Waals surface area contributed by atoms with Gasteiger partial charge in [0.1, 0.15) is 11.5 Å². The van der Waals surface area contributed by atoms with Gasteiger partial charge in [0.05, 0.1) is 18.7 Å². The minimum atomic E-state index is -0.672. The summed E-state index contributed by atoms with van der Waals surface area (Å²) < 4.78 is 5.23. The highest BCUT2D eigenvalue weighted by atomic mass is 16.5. The van der Waals surface area contributed by atoms with Gasteiger partial charge >= 0.3 is 0 Å². The number of amides is 1. The second-order valence-corrected chi connectivity index (χ2v) is 7.01. The number of nitrogens with one attached hydrogen (secondary N) is 1. The van der Waals surface area contributed by atoms with E-state index in [2.05, 4.69) is 4.98 Å². The first-order valence-corrected chi connectivity index (χ1v) is 9.55. The van der Waals surface area contributed by atoms with Gasteiger partial charge < -0.3 is 19.7 Å². The molecule has 0 spiro atoms. The number of rotatable bonds is 5. The highest BCUT2D eigenvalue weighted by molar-refractivity contribution is 6.46. The Labute approximate surface area is 168 Å². The Morgan fingerprint density at radius 1 is 1.17 bits per heavy atom. The summed E-state index contributed by atoms with van der Waals surface area (Å²) in [5.41, 5.74) is 2.23. The van der Waals surface area contributed by atoms with Crippen LogP contribution < -0.4 is 4.74 Å². The van der Waals surface area contributed by atoms with Crippen LogP contribution in [-0.2, 0) is 9.59 Å². The lowest BCUT2D eigenvalue weighted by atomic mass is 9.95. The molecule has 1 saturated heterocycles. The second-order valence-electron chi connectivity index (χ2n) is 7.01. The lowest BCUT2D eigenvalue weighted by Crippen LogP contribution is -2.30. The molecule has 2 aromatic carbocycles. The number of hydrogen-bond donors (Lipinski definition) is 2. The van der Waals surface area contributed by atoms with Crippen LogP contribution in [0, 0.1) is 0 Å². The fraction of sp³-hybridized carbons (Fsp3) is 0.217. The normalized spacial score (nSPS) is 18.6. The van der Waals surface area contributed by atoms with Gasteiger partial charge in [-0.25, -0.2) is 0 Å². The van der Waals surface area contributed by atoms with Crippen LogP contribution in [0.2, 0.25) is 0 Å². The maximum Gasteiger partial charge on any atom is 0.295 e. The first-order chi connectivity index (χ1) is 14.1. The number of carbonyl (C=O) groups is 2. The van der Waals surface area contributed by atoms with E-state index in [-0.39, 0.29) is 11.3 Å². The van der Waals surface area contributed by atoms with Gasteiger partial charge in [-0.15, -0.1) is 0 Å². The van der Waals surface area contributed by atoms with Gasteiger partial charge in [0.25, 0.3) is 11.7 Å². The smallest absolute Gasteiger partial charge is 0.295 e. The Morgan fingerprint density at radius 3 is 2.72 bits per heavy atom. The third-order valence-corrected chi connectivity index (χ3v) is 5.26. The number of methoxy groups -OCH3 is 1. The van der Waals surface area contributed by atoms with E-state index in [9.17, 15) is 14.7 Å². The van der Waals surface area contributed by atoms with Gasteiger partial charge in [-0.05, 0) is 24.6 Å². The Morgan fingerprint density at radius 2 is 1.97 bits per heavy atom. The molecular formula is C23H22N2O4. The van der Waals surface area contributed by atoms with E-state index in [4.69, 9.17) is 4.74 Å². The lowest BCUT2D eigenvalue weighted by Gasteiger charge is -2.24. The number of hydrogen-bond acceptors (Lipinski definition) is 4. The topological polar surface area (TPSA) is 82.6 Å². The van der Waals surface area contributed by atoms with Crippen molar-refractivity contribution in [2.24, 2.45) is 0 Å². The van der Waals surface area contributed by atoms with Crippen LogP contribution in [-0.4, -0.2) is 40.3 Å². The fourth-order valence-electron chi connectivity index (χ4n) is 3.92. The Kier molecular flexibility index (Phi) is 4.84. The van der Waals surface area contributed by atoms with Crippen molar-refractivity contribution in [2.75, 3.05) is 13.7 Å². The number of likely N-dealkylation sites (tertiary alicyclic amines) is 1. The largest absolute Gasteiger partial charge is 0.507 e. The molecule has 0 radical (unpaired) electrons. The van der Waals surface area contributed by atoms with Crippen molar-refractivity contribution in [1.29, 1.82) is 0 Å². The van der Waals surface area contributed by atoms with Crippen LogP contribution in [0.3, 0.4) is 0 Å². The molecule has 0 bridgehead atoms. The van der Waals surface area contributed by atoms with Crippen LogP contribution in [0.15, 0.2) is 60.3 Å². The van der Waals surface area contributed by atoms with Crippen LogP contribution in [0.4, 0.5) is 0 Å². The Bertz CT molecular complexity index is 1130. The zero-order valence-corrected chi connectivity index (χ0v) is 16.3. The van der Waals surface area contributed by atoms with E-state index in [1.807, 2.05) is 37.4 Å². The molecule has 1 aliphatic rings. The third-order valence-electron chi connectivity index (χ3n) is 5.26. The van der Waals surface area contributed by atoms with Crippen molar-refractivity contribution in [3.8, 4) is 5.75 Å². The molecular weight excluding hydrogens is 368 g/mol. The summed E-state index contributed by atoms with van der Waals surface area (Å²) in [7, 11) is 1.53. The Hall–Kier alpha value is -3.54. The molecule has 2 heterocycles. The van der Waals surface area contributed by atoms with Gasteiger partial charge in [0, 0.05) is 34.8 Å². The first-order valence-electron chi connectivity index (χ1n) is 9.55. The molecule has 6 heteroatoms. The summed E-state index contributed by atoms with van der Waals surface area (Å²) in [5, 5.41) is 12.0. The zero-order valence-electron chi connectivity index (χ0n) is 16.3. The van der Waals surface area contributed by atoms with E-state index < -0.39 is 17.7 Å². The predicted molar refractivity (Wildman–Crippen MR) is 111 cm³/mol. The number of carbonyl (C=O) groups excluding carboxylic acids is 2. The highest BCUT2D eigenvalue weighted by Gasteiger charge is 2.46. The number of H-pyrrole nitrogens is 1. The van der Waals surface area contributed by atoms with Gasteiger partial charge in [0.15, 0.2) is 0 Å². The van der Waals surface area contributed by atoms with E-state index in [1.165, 1.54) is 7.11 Å². The number of aromatic nitrogens is 1. The highest BCUT2D eigenvalue weighted by Crippen LogP contribution is 2.42. The number of benzene rings is 2. The number of ether oxygens (including phenoxy) is 1. The quantitative estimate of drug-likeness (QED) is 0.392. The number of para-hydroxylation sites is 1. The van der Waals surface area contributed by atoms with Crippen LogP contribution >= 0.6 is 0 Å². The molecule has 1 aromatic heterocycles. The van der Waals surface area contributed by atoms with Crippen molar-refractivity contribution in [3.63, 3.8) is 0 Å². The number of aliphatic hydroxyl groups excluding tert-OH is 1. The van der Waals surface area contributed by atoms with E-state index >= 15 is 0 Å². The number of Topliss-reactive ketones (excluding diaryl/α,β-unsaturated/α-hetero) is 1. The molecule has 4 rings (SSSR count). The maximum absolute atomic E-state index is 13.0. The molecule has 1 amide bonds. The first kappa shape index (κ1) is 18.8. The average molecular weight is 390 g/mol. The number of nitrogens with zero attached hydrogens (tertiary/aromatic N) is 1. The Balaban J connectivity index is 1.94. The molecule has 1 fully saturated rings. The average Bonchev–Trinajstić information content (AvgIpc) is 3.28. The standard InChI is InChI=1S/C23H22N2O4/c1-3-11-25-20(17-13-24-18-10-5-4-9-16(17)18)19(22(27)23(25)28)21(26)14-7-6-8-15(12-14)29-2/h4-10,12-13,20,24,26H,3,11H2,1-2H3/b21-19+. The summed E-state index contributed by atoms with van der Waals surface area (Å²) in [6.45, 7) is 2.37. The molecule has 29 heavy (non-hydrogen) atoms. The number of ketones is 1. The van der Waals surface area contributed by atoms with E-state index in [1.54, 1.807) is 29.2 Å². The summed E-state index contributed by atoms with van der Waals surface area (Å²) in [6.07, 6.45) is 2.51. The summed E-state index contributed by atoms with van der Waals surface area (Å²) in [4.78, 5) is 30.5. The van der Waals surface area contributed by atoms with Crippen LogP contribution in [0.1, 0.15) is 30.5 Å². The van der Waals surface area contributed by atoms with Crippen molar-refractivity contribution in [3.05, 3.63) is 71.4 Å². The molecule has 2 N–H and O–H groups in total. The minimum absolute atomic E-state index is 0.0986. The fourth-order valence-corrected chi connectivity index (χ4v) is 3.92. The van der Waals surface area contributed by atoms with Gasteiger partial charge in [0.2, 0.25) is 0 Å². The molecule has 1 aliphatic heterocycles. The molecule has 1 atom stereocenters. The summed E-state index contributed by atoms with van der Waals surface area (Å²) >= 11 is 0. The molecule has 6 nitrogen and oxygen atoms in total.